The van der Waals surface area contributed by atoms with E-state index in [1.54, 1.807) is 4.90 Å². The van der Waals surface area contributed by atoms with E-state index in [1.807, 2.05) is 6.92 Å². The first-order valence-electron chi connectivity index (χ1n) is 5.97. The van der Waals surface area contributed by atoms with Crippen LogP contribution >= 0.6 is 0 Å². The Morgan fingerprint density at radius 1 is 1.37 bits per heavy atom. The molecule has 0 unspecified atom stereocenters. The van der Waals surface area contributed by atoms with Gasteiger partial charge in [-0.3, -0.25) is 4.99 Å². The van der Waals surface area contributed by atoms with Gasteiger partial charge in [0.1, 0.15) is 0 Å². The monoisotopic (exact) mass is 276 g/mol. The molecule has 6 nitrogen and oxygen atoms in total. The fraction of sp³-hybridized carbons (Fsp3) is 0.700. The molecule has 1 aromatic heterocycles. The van der Waals surface area contributed by atoms with Crippen LogP contribution in [0.15, 0.2) is 4.99 Å². The molecule has 0 spiro atoms. The third-order valence-corrected chi connectivity index (χ3v) is 2.83. The van der Waals surface area contributed by atoms with Crippen LogP contribution in [0.2, 0.25) is 0 Å². The molecule has 1 aliphatic heterocycles. The van der Waals surface area contributed by atoms with Gasteiger partial charge in [-0.15, -0.1) is 10.2 Å². The summed E-state index contributed by atoms with van der Waals surface area (Å²) in [5.41, 5.74) is 5.78. The Bertz CT molecular complexity index is 478. The van der Waals surface area contributed by atoms with Crippen molar-refractivity contribution in [3.63, 3.8) is 0 Å². The second-order valence-corrected chi connectivity index (χ2v) is 4.25. The lowest BCUT2D eigenvalue weighted by atomic mass is 10.3. The zero-order valence-electron chi connectivity index (χ0n) is 10.5. The summed E-state index contributed by atoms with van der Waals surface area (Å²) >= 11 is 0. The molecule has 2 N–H and O–H groups in total. The quantitative estimate of drug-likeness (QED) is 0.641. The van der Waals surface area contributed by atoms with E-state index in [0.29, 0.717) is 19.0 Å². The normalized spacial score (nSPS) is 16.6. The molecule has 2 rings (SSSR count). The number of nitrogens with two attached hydrogens (primary N) is 1. The molecule has 9 heteroatoms. The Hall–Kier alpha value is -1.80. The van der Waals surface area contributed by atoms with E-state index in [-0.39, 0.29) is 18.9 Å². The average Bonchev–Trinajstić information content (AvgIpc) is 2.78. The molecule has 0 atom stereocenters. The third kappa shape index (κ3) is 2.79. The molecule has 1 aromatic rings. The minimum atomic E-state index is -4.48. The van der Waals surface area contributed by atoms with E-state index in [4.69, 9.17) is 5.73 Å². The summed E-state index contributed by atoms with van der Waals surface area (Å²) in [5.74, 6) is -0.357. The number of guanidine groups is 1. The zero-order valence-corrected chi connectivity index (χ0v) is 10.5. The predicted octanol–water partition coefficient (Wildman–Crippen LogP) is 0.837. The summed E-state index contributed by atoms with van der Waals surface area (Å²) < 4.78 is 39.0. The van der Waals surface area contributed by atoms with Gasteiger partial charge in [-0.2, -0.15) is 13.2 Å². The first-order chi connectivity index (χ1) is 8.93. The van der Waals surface area contributed by atoms with Crippen molar-refractivity contribution in [3.8, 4) is 0 Å². The van der Waals surface area contributed by atoms with Crippen molar-refractivity contribution in [2.24, 2.45) is 10.7 Å². The molecule has 2 heterocycles. The molecule has 0 aliphatic carbocycles. The maximum Gasteiger partial charge on any atom is 0.451 e. The van der Waals surface area contributed by atoms with Crippen LogP contribution in [-0.2, 0) is 19.3 Å². The highest BCUT2D eigenvalue weighted by atomic mass is 19.4. The number of halogens is 3. The molecule has 1 aliphatic rings. The van der Waals surface area contributed by atoms with Gasteiger partial charge >= 0.3 is 6.18 Å². The summed E-state index contributed by atoms with van der Waals surface area (Å²) in [7, 11) is 0. The number of fused-ring (bicyclic) bond motifs is 1. The van der Waals surface area contributed by atoms with Gasteiger partial charge in [0.25, 0.3) is 0 Å². The van der Waals surface area contributed by atoms with Crippen LogP contribution in [-0.4, -0.2) is 38.7 Å². The molecule has 0 saturated carbocycles. The number of hydrogen-bond acceptors (Lipinski definition) is 3. The van der Waals surface area contributed by atoms with E-state index < -0.39 is 12.0 Å². The Balaban J connectivity index is 2.16. The smallest absolute Gasteiger partial charge is 0.370 e. The average molecular weight is 276 g/mol. The lowest BCUT2D eigenvalue weighted by Crippen LogP contribution is -2.43. The number of nitrogens with zero attached hydrogens (tertiary/aromatic N) is 5. The van der Waals surface area contributed by atoms with Crippen LogP contribution in [0, 0.1) is 0 Å². The van der Waals surface area contributed by atoms with Gasteiger partial charge in [0, 0.05) is 19.6 Å². The molecule has 19 heavy (non-hydrogen) atoms. The van der Waals surface area contributed by atoms with Crippen LogP contribution in [0.1, 0.15) is 25.0 Å². The summed E-state index contributed by atoms with van der Waals surface area (Å²) in [4.78, 5) is 5.84. The number of alkyl halides is 3. The maximum atomic E-state index is 12.6. The second kappa shape index (κ2) is 5.06. The molecular formula is C10H15F3N6. The van der Waals surface area contributed by atoms with Crippen LogP contribution in [0.25, 0.3) is 0 Å². The van der Waals surface area contributed by atoms with E-state index in [1.165, 1.54) is 0 Å². The third-order valence-electron chi connectivity index (χ3n) is 2.83. The summed E-state index contributed by atoms with van der Waals surface area (Å²) in [5, 5.41) is 6.78. The highest BCUT2D eigenvalue weighted by molar-refractivity contribution is 5.78. The predicted molar refractivity (Wildman–Crippen MR) is 62.2 cm³/mol. The maximum absolute atomic E-state index is 12.6. The van der Waals surface area contributed by atoms with Gasteiger partial charge in [0.2, 0.25) is 5.82 Å². The van der Waals surface area contributed by atoms with E-state index in [2.05, 4.69) is 15.2 Å². The fourth-order valence-corrected chi connectivity index (χ4v) is 1.89. The molecule has 0 amide bonds. The number of hydrogen-bond donors (Lipinski definition) is 1. The van der Waals surface area contributed by atoms with Crippen LogP contribution in [0.4, 0.5) is 13.2 Å². The Kier molecular flexibility index (Phi) is 3.63. The lowest BCUT2D eigenvalue weighted by molar-refractivity contribution is -0.147. The van der Waals surface area contributed by atoms with Crippen molar-refractivity contribution in [3.05, 3.63) is 11.6 Å². The molecule has 0 saturated heterocycles. The van der Waals surface area contributed by atoms with Gasteiger partial charge in [0.15, 0.2) is 11.8 Å². The highest BCUT2D eigenvalue weighted by Crippen LogP contribution is 2.29. The topological polar surface area (TPSA) is 72.3 Å². The molecule has 106 valence electrons. The standard InChI is InChI=1S/C10H15F3N6/c1-2-3-15-9(14)18-4-5-19-7(6-18)16-17-8(19)10(11,12)13/h2-6H2,1H3,(H2,14,15). The van der Waals surface area contributed by atoms with Gasteiger partial charge in [-0.1, -0.05) is 6.92 Å². The van der Waals surface area contributed by atoms with E-state index in [9.17, 15) is 13.2 Å². The largest absolute Gasteiger partial charge is 0.451 e. The number of aromatic nitrogens is 3. The Morgan fingerprint density at radius 2 is 2.11 bits per heavy atom. The van der Waals surface area contributed by atoms with Crippen LogP contribution < -0.4 is 5.73 Å². The Morgan fingerprint density at radius 3 is 2.74 bits per heavy atom. The van der Waals surface area contributed by atoms with Crippen molar-refractivity contribution in [2.45, 2.75) is 32.6 Å². The summed E-state index contributed by atoms with van der Waals surface area (Å²) in [6.45, 7) is 3.29. The van der Waals surface area contributed by atoms with Crippen molar-refractivity contribution >= 4 is 5.96 Å². The lowest BCUT2D eigenvalue weighted by Gasteiger charge is -2.28. The molecular weight excluding hydrogens is 261 g/mol. The number of rotatable bonds is 2. The van der Waals surface area contributed by atoms with E-state index in [0.717, 1.165) is 11.0 Å². The van der Waals surface area contributed by atoms with Gasteiger partial charge < -0.3 is 15.2 Å². The first kappa shape index (κ1) is 13.6. The Labute approximate surface area is 108 Å². The van der Waals surface area contributed by atoms with Crippen molar-refractivity contribution < 1.29 is 13.2 Å². The van der Waals surface area contributed by atoms with Gasteiger partial charge in [-0.25, -0.2) is 0 Å². The van der Waals surface area contributed by atoms with Gasteiger partial charge in [0.05, 0.1) is 6.54 Å². The first-order valence-corrected chi connectivity index (χ1v) is 5.97. The number of aliphatic imine (C=N–C) groups is 1. The summed E-state index contributed by atoms with van der Waals surface area (Å²) in [6, 6.07) is 0. The van der Waals surface area contributed by atoms with Crippen molar-refractivity contribution in [1.82, 2.24) is 19.7 Å². The second-order valence-electron chi connectivity index (χ2n) is 4.25. The van der Waals surface area contributed by atoms with Crippen molar-refractivity contribution in [1.29, 1.82) is 0 Å². The molecule has 0 radical (unpaired) electrons. The fourth-order valence-electron chi connectivity index (χ4n) is 1.89. The van der Waals surface area contributed by atoms with Crippen LogP contribution in [0.3, 0.4) is 0 Å². The minimum Gasteiger partial charge on any atom is -0.370 e. The van der Waals surface area contributed by atoms with E-state index >= 15 is 0 Å². The minimum absolute atomic E-state index is 0.152. The molecule has 0 aromatic carbocycles. The summed E-state index contributed by atoms with van der Waals surface area (Å²) in [6.07, 6.45) is -3.61. The molecule has 0 bridgehead atoms. The zero-order chi connectivity index (χ0) is 14.0. The highest BCUT2D eigenvalue weighted by Gasteiger charge is 2.39. The van der Waals surface area contributed by atoms with Crippen molar-refractivity contribution in [2.75, 3.05) is 13.1 Å². The SMILES string of the molecule is CCCN=C(N)N1CCn2c(nnc2C(F)(F)F)C1. The van der Waals surface area contributed by atoms with Crippen LogP contribution in [0.5, 0.6) is 0 Å². The van der Waals surface area contributed by atoms with Gasteiger partial charge in [-0.05, 0) is 6.42 Å². The molecule has 0 fully saturated rings.